The van der Waals surface area contributed by atoms with Crippen LogP contribution in [0.25, 0.3) is 0 Å². The summed E-state index contributed by atoms with van der Waals surface area (Å²) >= 11 is 0. The van der Waals surface area contributed by atoms with Crippen molar-refractivity contribution in [2.24, 2.45) is 0 Å². The van der Waals surface area contributed by atoms with E-state index in [1.165, 1.54) is 11.1 Å². The van der Waals surface area contributed by atoms with Crippen LogP contribution in [0.4, 0.5) is 0 Å². The third-order valence-corrected chi connectivity index (χ3v) is 2.93. The Morgan fingerprint density at radius 2 is 2.00 bits per heavy atom. The molecule has 1 aromatic rings. The van der Waals surface area contributed by atoms with Gasteiger partial charge in [-0.1, -0.05) is 19.9 Å². The molecule has 88 valence electrons. The summed E-state index contributed by atoms with van der Waals surface area (Å²) in [5.74, 6) is 1.99. The third kappa shape index (κ3) is 1.77. The van der Waals surface area contributed by atoms with Crippen LogP contribution in [0, 0.1) is 6.92 Å². The minimum absolute atomic E-state index is 0.0472. The highest BCUT2D eigenvalue weighted by Crippen LogP contribution is 2.46. The molecule has 0 N–H and O–H groups in total. The second kappa shape index (κ2) is 3.69. The molecule has 1 aliphatic rings. The van der Waals surface area contributed by atoms with Crippen molar-refractivity contribution in [3.05, 3.63) is 23.3 Å². The van der Waals surface area contributed by atoms with Crippen molar-refractivity contribution in [1.29, 1.82) is 0 Å². The summed E-state index contributed by atoms with van der Waals surface area (Å²) < 4.78 is 11.7. The van der Waals surface area contributed by atoms with Gasteiger partial charge in [0.1, 0.15) is 11.5 Å². The van der Waals surface area contributed by atoms with Crippen LogP contribution in [0.2, 0.25) is 0 Å². The standard InChI is InChI=1S/C14H20O2/c1-9(2)16-11-7-6-10(3)13-12(11)14(4,5)8-15-13/h6-7,9H,8H2,1-5H3. The summed E-state index contributed by atoms with van der Waals surface area (Å²) in [5, 5.41) is 0. The van der Waals surface area contributed by atoms with Gasteiger partial charge >= 0.3 is 0 Å². The summed E-state index contributed by atoms with van der Waals surface area (Å²) in [5.41, 5.74) is 2.46. The molecule has 1 aromatic carbocycles. The lowest BCUT2D eigenvalue weighted by atomic mass is 9.85. The minimum atomic E-state index is 0.0472. The molecule has 0 unspecified atom stereocenters. The second-order valence-corrected chi connectivity index (χ2v) is 5.42. The van der Waals surface area contributed by atoms with E-state index in [-0.39, 0.29) is 11.5 Å². The van der Waals surface area contributed by atoms with Crippen molar-refractivity contribution in [1.82, 2.24) is 0 Å². The van der Waals surface area contributed by atoms with Crippen molar-refractivity contribution in [3.63, 3.8) is 0 Å². The number of aryl methyl sites for hydroxylation is 1. The number of hydrogen-bond donors (Lipinski definition) is 0. The lowest BCUT2D eigenvalue weighted by molar-refractivity contribution is 0.236. The zero-order chi connectivity index (χ0) is 11.9. The molecule has 1 aliphatic heterocycles. The Labute approximate surface area is 97.6 Å². The fourth-order valence-corrected chi connectivity index (χ4v) is 2.17. The smallest absolute Gasteiger partial charge is 0.129 e. The topological polar surface area (TPSA) is 18.5 Å². The molecule has 0 spiro atoms. The van der Waals surface area contributed by atoms with Crippen LogP contribution in [-0.4, -0.2) is 12.7 Å². The number of ether oxygens (including phenoxy) is 2. The summed E-state index contributed by atoms with van der Waals surface area (Å²) in [6.07, 6.45) is 0.197. The van der Waals surface area contributed by atoms with Crippen molar-refractivity contribution in [2.75, 3.05) is 6.61 Å². The van der Waals surface area contributed by atoms with Crippen LogP contribution in [-0.2, 0) is 5.41 Å². The minimum Gasteiger partial charge on any atom is -0.492 e. The Balaban J connectivity index is 2.53. The molecule has 0 aromatic heterocycles. The molecule has 0 fully saturated rings. The largest absolute Gasteiger partial charge is 0.492 e. The summed E-state index contributed by atoms with van der Waals surface area (Å²) in [6, 6.07) is 4.13. The lowest BCUT2D eigenvalue weighted by Gasteiger charge is -2.21. The van der Waals surface area contributed by atoms with Crippen molar-refractivity contribution in [2.45, 2.75) is 46.1 Å². The molecule has 2 rings (SSSR count). The van der Waals surface area contributed by atoms with Crippen molar-refractivity contribution >= 4 is 0 Å². The van der Waals surface area contributed by atoms with E-state index in [0.29, 0.717) is 0 Å². The molecule has 0 bridgehead atoms. The first-order valence-corrected chi connectivity index (χ1v) is 5.85. The van der Waals surface area contributed by atoms with Crippen molar-refractivity contribution < 1.29 is 9.47 Å². The highest BCUT2D eigenvalue weighted by atomic mass is 16.5. The van der Waals surface area contributed by atoms with E-state index < -0.39 is 0 Å². The van der Waals surface area contributed by atoms with E-state index >= 15 is 0 Å². The van der Waals surface area contributed by atoms with Gasteiger partial charge in [0.2, 0.25) is 0 Å². The predicted octanol–water partition coefficient (Wildman–Crippen LogP) is 3.45. The maximum Gasteiger partial charge on any atom is 0.129 e. The molecule has 0 saturated heterocycles. The van der Waals surface area contributed by atoms with Crippen LogP contribution in [0.3, 0.4) is 0 Å². The first-order valence-electron chi connectivity index (χ1n) is 5.85. The Hall–Kier alpha value is -1.18. The van der Waals surface area contributed by atoms with E-state index in [4.69, 9.17) is 9.47 Å². The third-order valence-electron chi connectivity index (χ3n) is 2.93. The van der Waals surface area contributed by atoms with Gasteiger partial charge in [-0.15, -0.1) is 0 Å². The van der Waals surface area contributed by atoms with E-state index in [1.807, 2.05) is 0 Å². The average Bonchev–Trinajstić information content (AvgIpc) is 2.48. The molecular weight excluding hydrogens is 200 g/mol. The van der Waals surface area contributed by atoms with Gasteiger partial charge in [0.15, 0.2) is 0 Å². The van der Waals surface area contributed by atoms with Crippen molar-refractivity contribution in [3.8, 4) is 11.5 Å². The summed E-state index contributed by atoms with van der Waals surface area (Å²) in [6.45, 7) is 11.3. The van der Waals surface area contributed by atoms with Gasteiger partial charge in [-0.2, -0.15) is 0 Å². The van der Waals surface area contributed by atoms with Crippen LogP contribution in [0.1, 0.15) is 38.8 Å². The van der Waals surface area contributed by atoms with Crippen LogP contribution < -0.4 is 9.47 Å². The molecule has 0 atom stereocenters. The molecule has 0 aliphatic carbocycles. The zero-order valence-corrected chi connectivity index (χ0v) is 10.8. The molecular formula is C14H20O2. The Morgan fingerprint density at radius 3 is 2.62 bits per heavy atom. The second-order valence-electron chi connectivity index (χ2n) is 5.42. The van der Waals surface area contributed by atoms with E-state index in [1.54, 1.807) is 0 Å². The SMILES string of the molecule is Cc1ccc(OC(C)C)c2c1OCC2(C)C. The average molecular weight is 220 g/mol. The highest BCUT2D eigenvalue weighted by Gasteiger charge is 2.36. The van der Waals surface area contributed by atoms with Gasteiger partial charge in [-0.05, 0) is 32.4 Å². The fourth-order valence-electron chi connectivity index (χ4n) is 2.17. The van der Waals surface area contributed by atoms with E-state index in [9.17, 15) is 0 Å². The number of rotatable bonds is 2. The normalized spacial score (nSPS) is 17.1. The van der Waals surface area contributed by atoms with Crippen LogP contribution in [0.5, 0.6) is 11.5 Å². The predicted molar refractivity (Wildman–Crippen MR) is 65.5 cm³/mol. The van der Waals surface area contributed by atoms with Crippen LogP contribution in [0.15, 0.2) is 12.1 Å². The molecule has 2 heteroatoms. The monoisotopic (exact) mass is 220 g/mol. The summed E-state index contributed by atoms with van der Waals surface area (Å²) in [7, 11) is 0. The number of benzene rings is 1. The quantitative estimate of drug-likeness (QED) is 0.760. The molecule has 2 nitrogen and oxygen atoms in total. The lowest BCUT2D eigenvalue weighted by Crippen LogP contribution is -2.20. The molecule has 0 radical (unpaired) electrons. The van der Waals surface area contributed by atoms with Gasteiger partial charge in [-0.3, -0.25) is 0 Å². The van der Waals surface area contributed by atoms with E-state index in [2.05, 4.69) is 46.8 Å². The zero-order valence-electron chi connectivity index (χ0n) is 10.8. The molecule has 0 saturated carbocycles. The highest BCUT2D eigenvalue weighted by molar-refractivity contribution is 5.55. The Morgan fingerprint density at radius 1 is 1.31 bits per heavy atom. The first kappa shape index (κ1) is 11.3. The van der Waals surface area contributed by atoms with Gasteiger partial charge < -0.3 is 9.47 Å². The maximum absolute atomic E-state index is 5.87. The van der Waals surface area contributed by atoms with E-state index in [0.717, 1.165) is 18.1 Å². The summed E-state index contributed by atoms with van der Waals surface area (Å²) in [4.78, 5) is 0. The molecule has 16 heavy (non-hydrogen) atoms. The molecule has 0 amide bonds. The fraction of sp³-hybridized carbons (Fsp3) is 0.571. The first-order chi connectivity index (χ1) is 7.42. The van der Waals surface area contributed by atoms with Crippen LogP contribution >= 0.6 is 0 Å². The Bertz CT molecular complexity index is 405. The number of hydrogen-bond acceptors (Lipinski definition) is 2. The molecule has 1 heterocycles. The van der Waals surface area contributed by atoms with Gasteiger partial charge in [0.05, 0.1) is 12.7 Å². The van der Waals surface area contributed by atoms with Gasteiger partial charge in [0, 0.05) is 11.0 Å². The van der Waals surface area contributed by atoms with Gasteiger partial charge in [0.25, 0.3) is 0 Å². The maximum atomic E-state index is 5.87. The Kier molecular flexibility index (Phi) is 2.61. The van der Waals surface area contributed by atoms with Gasteiger partial charge in [-0.25, -0.2) is 0 Å². The number of fused-ring (bicyclic) bond motifs is 1.